The van der Waals surface area contributed by atoms with Crippen molar-refractivity contribution in [2.75, 3.05) is 19.6 Å². The summed E-state index contributed by atoms with van der Waals surface area (Å²) in [5.41, 5.74) is 7.57. The van der Waals surface area contributed by atoms with E-state index in [2.05, 4.69) is 67.2 Å². The Morgan fingerprint density at radius 3 is 2.68 bits per heavy atom. The second-order valence-corrected chi connectivity index (χ2v) is 15.9. The van der Waals surface area contributed by atoms with Gasteiger partial charge in [-0.2, -0.15) is 0 Å². The normalized spacial score (nSPS) is 23.7. The number of pyridine rings is 1. The smallest absolute Gasteiger partial charge is 0.167 e. The van der Waals surface area contributed by atoms with E-state index < -0.39 is 6.10 Å². The lowest BCUT2D eigenvalue weighted by Crippen LogP contribution is -2.41. The molecule has 50 heavy (non-hydrogen) atoms. The second-order valence-electron chi connectivity index (χ2n) is 15.9. The quantitative estimate of drug-likeness (QED) is 0.129. The van der Waals surface area contributed by atoms with Gasteiger partial charge in [-0.15, -0.1) is 0 Å². The summed E-state index contributed by atoms with van der Waals surface area (Å²) in [4.78, 5) is 25.7. The van der Waals surface area contributed by atoms with Gasteiger partial charge in [-0.1, -0.05) is 68.6 Å². The summed E-state index contributed by atoms with van der Waals surface area (Å²) in [6.45, 7) is 16.3. The van der Waals surface area contributed by atoms with Crippen LogP contribution in [0, 0.1) is 36.5 Å². The van der Waals surface area contributed by atoms with Gasteiger partial charge in [0.1, 0.15) is 0 Å². The number of aromatic nitrogens is 1. The summed E-state index contributed by atoms with van der Waals surface area (Å²) < 4.78 is 0. The predicted octanol–water partition coefficient (Wildman–Crippen LogP) is 9.29. The van der Waals surface area contributed by atoms with Crippen molar-refractivity contribution in [3.63, 3.8) is 0 Å². The number of piperidine rings is 1. The van der Waals surface area contributed by atoms with E-state index in [1.54, 1.807) is 0 Å². The van der Waals surface area contributed by atoms with Crippen LogP contribution in [0.15, 0.2) is 90.7 Å². The summed E-state index contributed by atoms with van der Waals surface area (Å²) in [7, 11) is 0. The van der Waals surface area contributed by atoms with Crippen molar-refractivity contribution in [1.82, 2.24) is 9.88 Å². The third kappa shape index (κ3) is 7.95. The number of aliphatic imine (C=N–C) groups is 1. The molecule has 5 heteroatoms. The standard InChI is InChI=1S/C45H55N3O2/c1-29(23-35-14-9-16-40(30(35)2)33-17-18-33)44(49)31(3)36(15-10-21-48-22-19-34-11-7-8-20-46-43(34)28-48)24-39-25-41(39)45(50)32(4)42-26-37-12-5-6-13-38(37)27-47-42/h5-6,8-9,12-14,16,20,26-27,31,33-34,36,39,41,44,49H,1,4,7,10-11,15,17-19,21-25,28H2,2-3H3. The lowest BCUT2D eigenvalue weighted by Gasteiger charge is -2.34. The first-order valence-corrected chi connectivity index (χ1v) is 19.2. The van der Waals surface area contributed by atoms with Crippen LogP contribution in [0.3, 0.4) is 0 Å². The molecular weight excluding hydrogens is 615 g/mol. The number of carbonyl (C=O) groups excluding carboxylic acids is 1. The zero-order valence-electron chi connectivity index (χ0n) is 30.2. The average Bonchev–Trinajstić information content (AvgIpc) is 4.06. The van der Waals surface area contributed by atoms with Crippen molar-refractivity contribution in [3.8, 4) is 0 Å². The van der Waals surface area contributed by atoms with Crippen molar-refractivity contribution < 1.29 is 9.90 Å². The number of benzene rings is 2. The van der Waals surface area contributed by atoms with E-state index in [9.17, 15) is 9.90 Å². The van der Waals surface area contributed by atoms with Crippen LogP contribution in [0.4, 0.5) is 0 Å². The molecule has 7 rings (SSSR count). The van der Waals surface area contributed by atoms with Crippen LogP contribution in [0.1, 0.15) is 93.0 Å². The first-order chi connectivity index (χ1) is 24.3. The molecule has 3 aromatic rings. The Morgan fingerprint density at radius 2 is 1.86 bits per heavy atom. The van der Waals surface area contributed by atoms with Crippen molar-refractivity contribution in [1.29, 1.82) is 0 Å². The predicted molar refractivity (Wildman–Crippen MR) is 206 cm³/mol. The summed E-state index contributed by atoms with van der Waals surface area (Å²) in [6, 6.07) is 16.7. The van der Waals surface area contributed by atoms with Crippen LogP contribution in [0.25, 0.3) is 16.3 Å². The third-order valence-corrected chi connectivity index (χ3v) is 12.4. The van der Waals surface area contributed by atoms with E-state index in [0.717, 1.165) is 68.1 Å². The van der Waals surface area contributed by atoms with Crippen LogP contribution in [0.5, 0.6) is 0 Å². The van der Waals surface area contributed by atoms with E-state index in [-0.39, 0.29) is 17.6 Å². The molecule has 1 N–H and O–H groups in total. The second kappa shape index (κ2) is 15.3. The Hall–Kier alpha value is -3.67. The molecule has 2 aromatic carbocycles. The number of hydrogen-bond acceptors (Lipinski definition) is 5. The van der Waals surface area contributed by atoms with Gasteiger partial charge in [0.05, 0.1) is 11.8 Å². The Bertz CT molecular complexity index is 1800. The Morgan fingerprint density at radius 1 is 1.04 bits per heavy atom. The first-order valence-electron chi connectivity index (χ1n) is 19.2. The van der Waals surface area contributed by atoms with Crippen LogP contribution < -0.4 is 0 Å². The maximum atomic E-state index is 13.7. The molecule has 6 unspecified atom stereocenters. The maximum absolute atomic E-state index is 13.7. The highest BCUT2D eigenvalue weighted by Gasteiger charge is 2.45. The van der Waals surface area contributed by atoms with Crippen LogP contribution in [-0.4, -0.2) is 52.2 Å². The van der Waals surface area contributed by atoms with Crippen molar-refractivity contribution in [2.24, 2.45) is 34.6 Å². The van der Waals surface area contributed by atoms with Crippen molar-refractivity contribution in [3.05, 3.63) is 108 Å². The average molecular weight is 670 g/mol. The molecule has 4 aliphatic rings. The number of Topliss-reactive ketones (excluding diaryl/α,β-unsaturated/α-hetero) is 1. The topological polar surface area (TPSA) is 65.8 Å². The number of allylic oxidation sites excluding steroid dienone is 2. The van der Waals surface area contributed by atoms with Gasteiger partial charge in [0, 0.05) is 47.4 Å². The highest BCUT2D eigenvalue weighted by Crippen LogP contribution is 2.48. The van der Waals surface area contributed by atoms with Gasteiger partial charge < -0.3 is 5.11 Å². The van der Waals surface area contributed by atoms with Gasteiger partial charge in [-0.3, -0.25) is 19.7 Å². The molecule has 3 heterocycles. The molecule has 3 fully saturated rings. The van der Waals surface area contributed by atoms with Crippen molar-refractivity contribution >= 4 is 27.8 Å². The Labute approximate surface area is 299 Å². The number of nitrogens with zero attached hydrogens (tertiary/aromatic N) is 3. The Kier molecular flexibility index (Phi) is 10.6. The summed E-state index contributed by atoms with van der Waals surface area (Å²) >= 11 is 0. The first kappa shape index (κ1) is 34.8. The molecule has 2 aliphatic heterocycles. The number of hydrogen-bond donors (Lipinski definition) is 1. The molecule has 0 radical (unpaired) electrons. The molecule has 1 saturated heterocycles. The molecule has 2 saturated carbocycles. The summed E-state index contributed by atoms with van der Waals surface area (Å²) in [6.07, 6.45) is 16.2. The van der Waals surface area contributed by atoms with E-state index in [4.69, 9.17) is 4.99 Å². The van der Waals surface area contributed by atoms with E-state index >= 15 is 0 Å². The van der Waals surface area contributed by atoms with Crippen LogP contribution >= 0.6 is 0 Å². The fourth-order valence-corrected chi connectivity index (χ4v) is 8.81. The highest BCUT2D eigenvalue weighted by atomic mass is 16.3. The molecule has 2 aliphatic carbocycles. The number of likely N-dealkylation sites (tertiary alicyclic amines) is 1. The largest absolute Gasteiger partial charge is 0.388 e. The van der Waals surface area contributed by atoms with Crippen LogP contribution in [0.2, 0.25) is 0 Å². The zero-order chi connectivity index (χ0) is 34.8. The number of fused-ring (bicyclic) bond motifs is 2. The SMILES string of the molecule is C=C(C(=O)C1CC1CC(CCCN1CCC2CCC=CN=C2C1)C(C)C(O)C(=C)Cc1cccc(C2CC2)c1C)c1cc2ccccc2cn1. The number of aliphatic hydroxyl groups is 1. The number of rotatable bonds is 15. The molecule has 0 bridgehead atoms. The van der Waals surface area contributed by atoms with Gasteiger partial charge in [0.15, 0.2) is 5.78 Å². The molecule has 262 valence electrons. The zero-order valence-corrected chi connectivity index (χ0v) is 30.2. The van der Waals surface area contributed by atoms with Gasteiger partial charge >= 0.3 is 0 Å². The molecule has 0 spiro atoms. The summed E-state index contributed by atoms with van der Waals surface area (Å²) in [5, 5.41) is 13.9. The number of aliphatic hydroxyl groups excluding tert-OH is 1. The minimum Gasteiger partial charge on any atom is -0.388 e. The maximum Gasteiger partial charge on any atom is 0.167 e. The van der Waals surface area contributed by atoms with E-state index in [1.165, 1.54) is 48.1 Å². The lowest BCUT2D eigenvalue weighted by molar-refractivity contribution is -0.115. The minimum absolute atomic E-state index is 0.0149. The minimum atomic E-state index is -0.587. The molecular formula is C45H55N3O2. The Balaban J connectivity index is 1.00. The van der Waals surface area contributed by atoms with Gasteiger partial charge in [-0.25, -0.2) is 0 Å². The number of carbonyl (C=O) groups is 1. The molecule has 1 aromatic heterocycles. The molecule has 5 nitrogen and oxygen atoms in total. The lowest BCUT2D eigenvalue weighted by atomic mass is 9.78. The van der Waals surface area contributed by atoms with Crippen molar-refractivity contribution in [2.45, 2.75) is 90.1 Å². The van der Waals surface area contributed by atoms with Gasteiger partial charge in [-0.05, 0) is 142 Å². The fourth-order valence-electron chi connectivity index (χ4n) is 8.81. The summed E-state index contributed by atoms with van der Waals surface area (Å²) in [5.74, 6) is 2.11. The van der Waals surface area contributed by atoms with Gasteiger partial charge in [0.25, 0.3) is 0 Å². The highest BCUT2D eigenvalue weighted by molar-refractivity contribution is 6.21. The molecule has 0 amide bonds. The monoisotopic (exact) mass is 669 g/mol. The molecule has 6 atom stereocenters. The van der Waals surface area contributed by atoms with E-state index in [1.807, 2.05) is 36.7 Å². The third-order valence-electron chi connectivity index (χ3n) is 12.4. The van der Waals surface area contributed by atoms with Gasteiger partial charge in [0.2, 0.25) is 0 Å². The van der Waals surface area contributed by atoms with Crippen LogP contribution in [-0.2, 0) is 11.2 Å². The number of ketones is 1. The van der Waals surface area contributed by atoms with E-state index in [0.29, 0.717) is 41.4 Å². The fraction of sp³-hybridized carbons (Fsp3) is 0.489.